The van der Waals surface area contributed by atoms with Crippen molar-refractivity contribution < 1.29 is 0 Å². The predicted octanol–water partition coefficient (Wildman–Crippen LogP) is 0.949. The standard InChI is InChI=1S/C6H13N2P/c1-2-9(7-3-4-7)8-5-6-8/h2-6H2,1H3. The van der Waals surface area contributed by atoms with Crippen LogP contribution < -0.4 is 0 Å². The summed E-state index contributed by atoms with van der Waals surface area (Å²) in [5, 5.41) is 0. The van der Waals surface area contributed by atoms with E-state index in [0.29, 0.717) is 0 Å². The van der Waals surface area contributed by atoms with E-state index in [-0.39, 0.29) is 8.22 Å². The highest BCUT2D eigenvalue weighted by molar-refractivity contribution is 7.53. The highest BCUT2D eigenvalue weighted by Crippen LogP contribution is 2.51. The van der Waals surface area contributed by atoms with E-state index < -0.39 is 0 Å². The molecule has 0 atom stereocenters. The molecular formula is C6H13N2P. The minimum absolute atomic E-state index is 0.212. The first-order valence-corrected chi connectivity index (χ1v) is 5.12. The Morgan fingerprint density at radius 1 is 1.11 bits per heavy atom. The molecule has 0 unspecified atom stereocenters. The van der Waals surface area contributed by atoms with Crippen molar-refractivity contribution in [1.29, 1.82) is 0 Å². The second kappa shape index (κ2) is 2.19. The van der Waals surface area contributed by atoms with E-state index in [1.165, 1.54) is 32.3 Å². The molecule has 0 N–H and O–H groups in total. The number of hydrogen-bond acceptors (Lipinski definition) is 2. The van der Waals surface area contributed by atoms with E-state index in [0.717, 1.165) is 0 Å². The van der Waals surface area contributed by atoms with Gasteiger partial charge in [0.25, 0.3) is 0 Å². The third-order valence-electron chi connectivity index (χ3n) is 1.78. The number of hydrogen-bond donors (Lipinski definition) is 0. The van der Waals surface area contributed by atoms with E-state index in [4.69, 9.17) is 0 Å². The van der Waals surface area contributed by atoms with E-state index in [1.54, 1.807) is 0 Å². The molecule has 2 aliphatic rings. The summed E-state index contributed by atoms with van der Waals surface area (Å²) in [6, 6.07) is 0. The molecule has 2 saturated heterocycles. The molecule has 0 spiro atoms. The van der Waals surface area contributed by atoms with E-state index in [2.05, 4.69) is 16.3 Å². The minimum atomic E-state index is 0.212. The zero-order chi connectivity index (χ0) is 6.27. The lowest BCUT2D eigenvalue weighted by atomic mass is 11.0. The van der Waals surface area contributed by atoms with Crippen molar-refractivity contribution >= 4 is 8.22 Å². The van der Waals surface area contributed by atoms with Crippen LogP contribution in [0.2, 0.25) is 0 Å². The largest absolute Gasteiger partial charge is 0.267 e. The van der Waals surface area contributed by atoms with Crippen LogP contribution in [0.25, 0.3) is 0 Å². The molecule has 2 heterocycles. The van der Waals surface area contributed by atoms with Crippen LogP contribution in [-0.4, -0.2) is 41.7 Å². The molecule has 0 amide bonds. The Hall–Kier alpha value is 0.350. The van der Waals surface area contributed by atoms with Crippen LogP contribution in [0.4, 0.5) is 0 Å². The van der Waals surface area contributed by atoms with Gasteiger partial charge in [-0.15, -0.1) is 0 Å². The average Bonchev–Trinajstić information content (AvgIpc) is 2.61. The Labute approximate surface area is 57.7 Å². The summed E-state index contributed by atoms with van der Waals surface area (Å²) in [6.45, 7) is 7.79. The third kappa shape index (κ3) is 1.26. The summed E-state index contributed by atoms with van der Waals surface area (Å²) in [7, 11) is 0.212. The fourth-order valence-electron chi connectivity index (χ4n) is 1.13. The Kier molecular flexibility index (Phi) is 1.48. The first-order valence-electron chi connectivity index (χ1n) is 3.69. The molecule has 0 bridgehead atoms. The highest BCUT2D eigenvalue weighted by atomic mass is 31.1. The zero-order valence-electron chi connectivity index (χ0n) is 5.88. The zero-order valence-corrected chi connectivity index (χ0v) is 6.77. The third-order valence-corrected chi connectivity index (χ3v) is 4.45. The van der Waals surface area contributed by atoms with Crippen LogP contribution in [0.3, 0.4) is 0 Å². The topological polar surface area (TPSA) is 6.02 Å². The molecule has 52 valence electrons. The van der Waals surface area contributed by atoms with Crippen molar-refractivity contribution in [2.75, 3.05) is 32.3 Å². The summed E-state index contributed by atoms with van der Waals surface area (Å²) in [5.74, 6) is 0. The van der Waals surface area contributed by atoms with Crippen LogP contribution in [0.5, 0.6) is 0 Å². The summed E-state index contributed by atoms with van der Waals surface area (Å²) >= 11 is 0. The van der Waals surface area contributed by atoms with Gasteiger partial charge in [0.15, 0.2) is 0 Å². The summed E-state index contributed by atoms with van der Waals surface area (Å²) in [6.07, 6.45) is 1.37. The van der Waals surface area contributed by atoms with E-state index >= 15 is 0 Å². The molecule has 0 radical (unpaired) electrons. The Bertz CT molecular complexity index is 97.6. The van der Waals surface area contributed by atoms with Crippen LogP contribution in [0.1, 0.15) is 6.92 Å². The first-order chi connectivity index (χ1) is 4.42. The Morgan fingerprint density at radius 2 is 1.56 bits per heavy atom. The van der Waals surface area contributed by atoms with Gasteiger partial charge in [0, 0.05) is 34.4 Å². The van der Waals surface area contributed by atoms with Crippen molar-refractivity contribution in [2.24, 2.45) is 0 Å². The SMILES string of the molecule is CCP(N1CC1)N1CC1. The maximum atomic E-state index is 2.60. The van der Waals surface area contributed by atoms with Crippen molar-refractivity contribution in [3.8, 4) is 0 Å². The molecule has 0 aromatic heterocycles. The van der Waals surface area contributed by atoms with Gasteiger partial charge in [-0.2, -0.15) is 0 Å². The fraction of sp³-hybridized carbons (Fsp3) is 1.00. The van der Waals surface area contributed by atoms with Crippen LogP contribution in [-0.2, 0) is 0 Å². The predicted molar refractivity (Wildman–Crippen MR) is 40.6 cm³/mol. The molecule has 3 heteroatoms. The molecule has 0 aromatic carbocycles. The molecule has 0 saturated carbocycles. The van der Waals surface area contributed by atoms with Crippen molar-refractivity contribution in [1.82, 2.24) is 9.34 Å². The summed E-state index contributed by atoms with van der Waals surface area (Å²) < 4.78 is 5.20. The molecule has 0 aliphatic carbocycles. The van der Waals surface area contributed by atoms with Crippen LogP contribution >= 0.6 is 8.22 Å². The van der Waals surface area contributed by atoms with Gasteiger partial charge in [-0.3, -0.25) is 9.34 Å². The van der Waals surface area contributed by atoms with Crippen molar-refractivity contribution in [3.63, 3.8) is 0 Å². The molecule has 2 fully saturated rings. The first kappa shape index (κ1) is 6.09. The van der Waals surface area contributed by atoms with Gasteiger partial charge < -0.3 is 0 Å². The van der Waals surface area contributed by atoms with Gasteiger partial charge in [0.05, 0.1) is 0 Å². The lowest BCUT2D eigenvalue weighted by Gasteiger charge is -2.15. The van der Waals surface area contributed by atoms with Gasteiger partial charge in [0.2, 0.25) is 0 Å². The van der Waals surface area contributed by atoms with Crippen LogP contribution in [0.15, 0.2) is 0 Å². The van der Waals surface area contributed by atoms with Gasteiger partial charge in [-0.25, -0.2) is 0 Å². The van der Waals surface area contributed by atoms with Gasteiger partial charge in [0.1, 0.15) is 0 Å². The quantitative estimate of drug-likeness (QED) is 0.429. The van der Waals surface area contributed by atoms with Gasteiger partial charge in [-0.05, 0) is 6.16 Å². The van der Waals surface area contributed by atoms with E-state index in [9.17, 15) is 0 Å². The second-order valence-corrected chi connectivity index (χ2v) is 5.10. The highest BCUT2D eigenvalue weighted by Gasteiger charge is 2.35. The number of nitrogens with zero attached hydrogens (tertiary/aromatic N) is 2. The second-order valence-electron chi connectivity index (χ2n) is 2.60. The lowest BCUT2D eigenvalue weighted by Crippen LogP contribution is -1.99. The average molecular weight is 144 g/mol. The maximum Gasteiger partial charge on any atom is 0.0393 e. The van der Waals surface area contributed by atoms with Gasteiger partial charge >= 0.3 is 0 Å². The fourth-order valence-corrected chi connectivity index (χ4v) is 3.39. The normalized spacial score (nSPS) is 27.3. The summed E-state index contributed by atoms with van der Waals surface area (Å²) in [4.78, 5) is 0. The summed E-state index contributed by atoms with van der Waals surface area (Å²) in [5.41, 5.74) is 0. The minimum Gasteiger partial charge on any atom is -0.267 e. The lowest BCUT2D eigenvalue weighted by molar-refractivity contribution is 0.794. The molecule has 2 rings (SSSR count). The van der Waals surface area contributed by atoms with Crippen molar-refractivity contribution in [3.05, 3.63) is 0 Å². The molecule has 2 aliphatic heterocycles. The molecular weight excluding hydrogens is 131 g/mol. The van der Waals surface area contributed by atoms with Crippen LogP contribution in [0, 0.1) is 0 Å². The number of rotatable bonds is 3. The maximum absolute atomic E-state index is 2.60. The molecule has 2 nitrogen and oxygen atoms in total. The van der Waals surface area contributed by atoms with E-state index in [1.807, 2.05) is 0 Å². The molecule has 0 aromatic rings. The monoisotopic (exact) mass is 144 g/mol. The van der Waals surface area contributed by atoms with Gasteiger partial charge in [-0.1, -0.05) is 6.92 Å². The van der Waals surface area contributed by atoms with Crippen molar-refractivity contribution in [2.45, 2.75) is 6.92 Å². The Morgan fingerprint density at radius 3 is 1.78 bits per heavy atom. The molecule has 9 heavy (non-hydrogen) atoms. The Balaban J connectivity index is 1.85. The smallest absolute Gasteiger partial charge is 0.0393 e.